The summed E-state index contributed by atoms with van der Waals surface area (Å²) in [7, 11) is 1.59. The van der Waals surface area contributed by atoms with Crippen LogP contribution < -0.4 is 10.1 Å². The SMILES string of the molecule is COc1ccnc(Nc2cc(C)cc(C)c2)n1. The largest absolute Gasteiger partial charge is 0.481 e. The van der Waals surface area contributed by atoms with Crippen molar-refractivity contribution >= 4 is 11.6 Å². The first kappa shape index (κ1) is 11.4. The van der Waals surface area contributed by atoms with Crippen molar-refractivity contribution in [3.8, 4) is 5.88 Å². The molecule has 1 N–H and O–H groups in total. The van der Waals surface area contributed by atoms with Crippen molar-refractivity contribution < 1.29 is 4.74 Å². The summed E-state index contributed by atoms with van der Waals surface area (Å²) in [6.07, 6.45) is 1.66. The van der Waals surface area contributed by atoms with Gasteiger partial charge >= 0.3 is 0 Å². The lowest BCUT2D eigenvalue weighted by Crippen LogP contribution is -1.98. The number of hydrogen-bond acceptors (Lipinski definition) is 4. The molecule has 0 amide bonds. The van der Waals surface area contributed by atoms with E-state index in [1.54, 1.807) is 19.4 Å². The van der Waals surface area contributed by atoms with Gasteiger partial charge in [0.2, 0.25) is 11.8 Å². The van der Waals surface area contributed by atoms with Crippen LogP contribution in [0.25, 0.3) is 0 Å². The lowest BCUT2D eigenvalue weighted by molar-refractivity contribution is 0.397. The average molecular weight is 229 g/mol. The summed E-state index contributed by atoms with van der Waals surface area (Å²) in [5, 5.41) is 3.16. The van der Waals surface area contributed by atoms with Gasteiger partial charge < -0.3 is 10.1 Å². The maximum atomic E-state index is 5.05. The van der Waals surface area contributed by atoms with E-state index >= 15 is 0 Å². The zero-order valence-corrected chi connectivity index (χ0v) is 10.2. The Labute approximate surface area is 101 Å². The molecule has 4 nitrogen and oxygen atoms in total. The lowest BCUT2D eigenvalue weighted by Gasteiger charge is -2.07. The second-order valence-electron chi connectivity index (χ2n) is 3.92. The molecular weight excluding hydrogens is 214 g/mol. The number of rotatable bonds is 3. The van der Waals surface area contributed by atoms with Gasteiger partial charge in [-0.3, -0.25) is 0 Å². The van der Waals surface area contributed by atoms with Crippen LogP contribution in [0.5, 0.6) is 5.88 Å². The second-order valence-corrected chi connectivity index (χ2v) is 3.92. The van der Waals surface area contributed by atoms with Crippen LogP contribution in [0.1, 0.15) is 11.1 Å². The number of benzene rings is 1. The predicted molar refractivity (Wildman–Crippen MR) is 67.8 cm³/mol. The Balaban J connectivity index is 2.24. The maximum Gasteiger partial charge on any atom is 0.230 e. The van der Waals surface area contributed by atoms with E-state index in [0.29, 0.717) is 11.8 Å². The average Bonchev–Trinajstić information content (AvgIpc) is 2.28. The minimum atomic E-state index is 0.536. The number of anilines is 2. The Kier molecular flexibility index (Phi) is 3.23. The molecule has 0 saturated heterocycles. The molecule has 1 aromatic carbocycles. The van der Waals surface area contributed by atoms with Crippen molar-refractivity contribution in [3.05, 3.63) is 41.6 Å². The van der Waals surface area contributed by atoms with Gasteiger partial charge in [-0.1, -0.05) is 6.07 Å². The van der Waals surface area contributed by atoms with E-state index in [-0.39, 0.29) is 0 Å². The summed E-state index contributed by atoms with van der Waals surface area (Å²) in [6, 6.07) is 7.94. The zero-order chi connectivity index (χ0) is 12.3. The van der Waals surface area contributed by atoms with Crippen molar-refractivity contribution in [3.63, 3.8) is 0 Å². The molecule has 88 valence electrons. The number of aryl methyl sites for hydroxylation is 2. The summed E-state index contributed by atoms with van der Waals surface area (Å²) < 4.78 is 5.05. The minimum absolute atomic E-state index is 0.536. The fraction of sp³-hybridized carbons (Fsp3) is 0.231. The Hall–Kier alpha value is -2.10. The van der Waals surface area contributed by atoms with Gasteiger partial charge in [0.05, 0.1) is 7.11 Å². The molecule has 0 aliphatic heterocycles. The van der Waals surface area contributed by atoms with Crippen LogP contribution in [0.4, 0.5) is 11.6 Å². The molecule has 1 aromatic heterocycles. The monoisotopic (exact) mass is 229 g/mol. The number of hydrogen-bond donors (Lipinski definition) is 1. The van der Waals surface area contributed by atoms with Crippen LogP contribution >= 0.6 is 0 Å². The molecule has 0 bridgehead atoms. The quantitative estimate of drug-likeness (QED) is 0.879. The van der Waals surface area contributed by atoms with Gasteiger partial charge in [0.25, 0.3) is 0 Å². The first-order valence-electron chi connectivity index (χ1n) is 5.40. The smallest absolute Gasteiger partial charge is 0.230 e. The molecule has 0 aliphatic rings. The van der Waals surface area contributed by atoms with Crippen LogP contribution in [0.3, 0.4) is 0 Å². The van der Waals surface area contributed by atoms with Crippen LogP contribution in [-0.4, -0.2) is 17.1 Å². The van der Waals surface area contributed by atoms with E-state index in [2.05, 4.69) is 47.3 Å². The van der Waals surface area contributed by atoms with Crippen LogP contribution in [0, 0.1) is 13.8 Å². The number of nitrogens with one attached hydrogen (secondary N) is 1. The summed E-state index contributed by atoms with van der Waals surface area (Å²) in [6.45, 7) is 4.12. The highest BCUT2D eigenvalue weighted by atomic mass is 16.5. The van der Waals surface area contributed by atoms with E-state index in [4.69, 9.17) is 4.74 Å². The highest BCUT2D eigenvalue weighted by Gasteiger charge is 2.01. The predicted octanol–water partition coefficient (Wildman–Crippen LogP) is 2.85. The third kappa shape index (κ3) is 2.93. The second kappa shape index (κ2) is 4.82. The molecular formula is C13H15N3O. The van der Waals surface area contributed by atoms with Gasteiger partial charge in [-0.15, -0.1) is 0 Å². The van der Waals surface area contributed by atoms with E-state index in [1.165, 1.54) is 11.1 Å². The van der Waals surface area contributed by atoms with Crippen molar-refractivity contribution in [1.82, 2.24) is 9.97 Å². The van der Waals surface area contributed by atoms with Crippen LogP contribution in [0.2, 0.25) is 0 Å². The fourth-order valence-corrected chi connectivity index (χ4v) is 1.69. The molecule has 0 fully saturated rings. The topological polar surface area (TPSA) is 47.0 Å². The molecule has 0 unspecified atom stereocenters. The Morgan fingerprint density at radius 2 is 1.82 bits per heavy atom. The number of methoxy groups -OCH3 is 1. The molecule has 1 heterocycles. The van der Waals surface area contributed by atoms with Gasteiger partial charge in [-0.2, -0.15) is 4.98 Å². The summed E-state index contributed by atoms with van der Waals surface area (Å²) in [5.74, 6) is 1.08. The Bertz CT molecular complexity index is 506. The number of ether oxygens (including phenoxy) is 1. The summed E-state index contributed by atoms with van der Waals surface area (Å²) in [4.78, 5) is 8.34. The summed E-state index contributed by atoms with van der Waals surface area (Å²) in [5.41, 5.74) is 3.39. The van der Waals surface area contributed by atoms with Gasteiger partial charge in [-0.05, 0) is 37.1 Å². The number of aromatic nitrogens is 2. The van der Waals surface area contributed by atoms with E-state index in [1.807, 2.05) is 0 Å². The molecule has 2 aromatic rings. The van der Waals surface area contributed by atoms with Gasteiger partial charge in [0, 0.05) is 18.0 Å². The van der Waals surface area contributed by atoms with Crippen molar-refractivity contribution in [2.75, 3.05) is 12.4 Å². The van der Waals surface area contributed by atoms with Crippen molar-refractivity contribution in [2.24, 2.45) is 0 Å². The minimum Gasteiger partial charge on any atom is -0.481 e. The Morgan fingerprint density at radius 3 is 2.47 bits per heavy atom. The Morgan fingerprint density at radius 1 is 1.12 bits per heavy atom. The van der Waals surface area contributed by atoms with Crippen LogP contribution in [-0.2, 0) is 0 Å². The lowest BCUT2D eigenvalue weighted by atomic mass is 10.1. The van der Waals surface area contributed by atoms with Crippen LogP contribution in [0.15, 0.2) is 30.5 Å². The molecule has 2 rings (SSSR count). The summed E-state index contributed by atoms with van der Waals surface area (Å²) >= 11 is 0. The molecule has 0 atom stereocenters. The van der Waals surface area contributed by atoms with Gasteiger partial charge in [0.1, 0.15) is 0 Å². The van der Waals surface area contributed by atoms with E-state index < -0.39 is 0 Å². The first-order valence-corrected chi connectivity index (χ1v) is 5.40. The highest BCUT2D eigenvalue weighted by Crippen LogP contribution is 2.18. The van der Waals surface area contributed by atoms with Gasteiger partial charge in [-0.25, -0.2) is 4.98 Å². The fourth-order valence-electron chi connectivity index (χ4n) is 1.69. The van der Waals surface area contributed by atoms with E-state index in [9.17, 15) is 0 Å². The normalized spacial score (nSPS) is 10.1. The molecule has 17 heavy (non-hydrogen) atoms. The standard InChI is InChI=1S/C13H15N3O/c1-9-6-10(2)8-11(7-9)15-13-14-5-4-12(16-13)17-3/h4-8H,1-3H3,(H,14,15,16). The van der Waals surface area contributed by atoms with Gasteiger partial charge in [0.15, 0.2) is 0 Å². The molecule has 0 aliphatic carbocycles. The molecule has 0 radical (unpaired) electrons. The van der Waals surface area contributed by atoms with Crippen molar-refractivity contribution in [2.45, 2.75) is 13.8 Å². The zero-order valence-electron chi connectivity index (χ0n) is 10.2. The highest BCUT2D eigenvalue weighted by molar-refractivity contribution is 5.56. The van der Waals surface area contributed by atoms with E-state index in [0.717, 1.165) is 5.69 Å². The number of nitrogens with zero attached hydrogens (tertiary/aromatic N) is 2. The van der Waals surface area contributed by atoms with Crippen molar-refractivity contribution in [1.29, 1.82) is 0 Å². The third-order valence-corrected chi connectivity index (χ3v) is 2.32. The third-order valence-electron chi connectivity index (χ3n) is 2.32. The molecule has 0 saturated carbocycles. The molecule has 4 heteroatoms. The maximum absolute atomic E-state index is 5.05. The molecule has 0 spiro atoms. The first-order chi connectivity index (χ1) is 8.17.